The van der Waals surface area contributed by atoms with E-state index in [0.29, 0.717) is 9.37 Å². The van der Waals surface area contributed by atoms with E-state index in [1.165, 1.54) is 27.0 Å². The van der Waals surface area contributed by atoms with Gasteiger partial charge in [0.05, 0.1) is 10.5 Å². The molecule has 162 valence electrons. The maximum atomic E-state index is 11.6. The van der Waals surface area contributed by atoms with E-state index < -0.39 is 47.7 Å². The molecule has 0 radical (unpaired) electrons. The van der Waals surface area contributed by atoms with Crippen molar-refractivity contribution in [2.24, 2.45) is 5.73 Å². The number of pyridine rings is 1. The molecule has 2 heterocycles. The van der Waals surface area contributed by atoms with Crippen LogP contribution in [0.1, 0.15) is 26.5 Å². The Labute approximate surface area is 185 Å². The zero-order valence-corrected chi connectivity index (χ0v) is 18.8. The third-order valence-electron chi connectivity index (χ3n) is 3.93. The summed E-state index contributed by atoms with van der Waals surface area (Å²) in [6.45, 7) is 3.45. The highest BCUT2D eigenvalue weighted by atomic mass is 79.9. The number of nitrogens with zero attached hydrogens (tertiary/aromatic N) is 2. The Kier molecular flexibility index (Phi) is 8.60. The van der Waals surface area contributed by atoms with Crippen LogP contribution in [0.3, 0.4) is 0 Å². The van der Waals surface area contributed by atoms with E-state index in [1.807, 2.05) is 6.07 Å². The second-order valence-corrected chi connectivity index (χ2v) is 8.33. The summed E-state index contributed by atoms with van der Waals surface area (Å²) < 4.78 is 22.1. The van der Waals surface area contributed by atoms with E-state index in [-0.39, 0.29) is 12.3 Å². The molecule has 1 aliphatic rings. The first-order valence-electron chi connectivity index (χ1n) is 8.73. The summed E-state index contributed by atoms with van der Waals surface area (Å²) in [5, 5.41) is 9.02. The van der Waals surface area contributed by atoms with Gasteiger partial charge in [-0.3, -0.25) is 14.4 Å². The summed E-state index contributed by atoms with van der Waals surface area (Å²) >= 11 is 4.41. The Morgan fingerprint density at radius 2 is 1.87 bits per heavy atom. The van der Waals surface area contributed by atoms with Crippen LogP contribution in [0.5, 0.6) is 0 Å². The van der Waals surface area contributed by atoms with Gasteiger partial charge in [-0.05, 0) is 22.0 Å². The first kappa shape index (κ1) is 24.1. The van der Waals surface area contributed by atoms with Gasteiger partial charge in [0.25, 0.3) is 0 Å². The molecule has 12 heteroatoms. The van der Waals surface area contributed by atoms with Gasteiger partial charge in [0.15, 0.2) is 11.8 Å². The van der Waals surface area contributed by atoms with E-state index in [1.54, 1.807) is 6.07 Å². The quantitative estimate of drug-likeness (QED) is 0.443. The zero-order chi connectivity index (χ0) is 22.4. The number of carbonyl (C=O) groups excluding carboxylic acids is 3. The molecule has 0 aliphatic carbocycles. The number of nitriles is 1. The number of hydrogen-bond acceptors (Lipinski definition) is 11. The Hall–Kier alpha value is -2.20. The number of nitrogens with two attached hydrogens (primary N) is 1. The number of esters is 3. The highest BCUT2D eigenvalue weighted by Crippen LogP contribution is 2.36. The van der Waals surface area contributed by atoms with Crippen molar-refractivity contribution in [3.63, 3.8) is 0 Å². The van der Waals surface area contributed by atoms with E-state index in [9.17, 15) is 14.4 Å². The molecule has 30 heavy (non-hydrogen) atoms. The number of ether oxygens (including phenoxy) is 4. The van der Waals surface area contributed by atoms with Gasteiger partial charge >= 0.3 is 17.9 Å². The van der Waals surface area contributed by atoms with Crippen LogP contribution in [0.2, 0.25) is 0 Å². The maximum Gasteiger partial charge on any atom is 0.303 e. The molecule has 1 aromatic rings. The van der Waals surface area contributed by atoms with Crippen molar-refractivity contribution in [2.75, 3.05) is 6.61 Å². The molecule has 1 fully saturated rings. The van der Waals surface area contributed by atoms with Crippen LogP contribution < -0.4 is 5.73 Å². The predicted octanol–water partition coefficient (Wildman–Crippen LogP) is 1.29. The molecule has 0 saturated carbocycles. The molecule has 10 nitrogen and oxygen atoms in total. The molecule has 0 spiro atoms. The van der Waals surface area contributed by atoms with E-state index in [2.05, 4.69) is 20.9 Å². The largest absolute Gasteiger partial charge is 0.463 e. The molecular weight excluding hydrogens is 482 g/mol. The van der Waals surface area contributed by atoms with Gasteiger partial charge in [-0.1, -0.05) is 11.8 Å². The van der Waals surface area contributed by atoms with Crippen molar-refractivity contribution in [2.45, 2.75) is 55.5 Å². The fourth-order valence-electron chi connectivity index (χ4n) is 2.74. The van der Waals surface area contributed by atoms with Crippen molar-refractivity contribution in [1.82, 2.24) is 4.98 Å². The third kappa shape index (κ3) is 6.40. The fourth-order valence-corrected chi connectivity index (χ4v) is 4.47. The number of hydrogen-bond donors (Lipinski definition) is 1. The lowest BCUT2D eigenvalue weighted by Gasteiger charge is -2.43. The monoisotopic (exact) mass is 501 g/mol. The third-order valence-corrected chi connectivity index (χ3v) is 5.64. The summed E-state index contributed by atoms with van der Waals surface area (Å²) in [4.78, 5) is 39.1. The van der Waals surface area contributed by atoms with Crippen molar-refractivity contribution < 1.29 is 33.3 Å². The Morgan fingerprint density at radius 1 is 1.23 bits per heavy atom. The summed E-state index contributed by atoms with van der Waals surface area (Å²) in [7, 11) is 0. The van der Waals surface area contributed by atoms with Crippen molar-refractivity contribution in [3.8, 4) is 6.07 Å². The van der Waals surface area contributed by atoms with Crippen molar-refractivity contribution >= 4 is 45.6 Å². The smallest absolute Gasteiger partial charge is 0.303 e. The average Bonchev–Trinajstić information content (AvgIpc) is 2.65. The second-order valence-electron chi connectivity index (χ2n) is 6.30. The second kappa shape index (κ2) is 10.7. The van der Waals surface area contributed by atoms with E-state index >= 15 is 0 Å². The molecule has 1 aromatic heterocycles. The molecule has 1 saturated heterocycles. The molecule has 2 rings (SSSR count). The number of rotatable bonds is 6. The van der Waals surface area contributed by atoms with Gasteiger partial charge in [-0.2, -0.15) is 5.26 Å². The summed E-state index contributed by atoms with van der Waals surface area (Å²) in [5.74, 6) is -1.75. The Balaban J connectivity index is 2.33. The van der Waals surface area contributed by atoms with Crippen LogP contribution in [0.4, 0.5) is 0 Å². The number of thioether (sulfide) groups is 1. The van der Waals surface area contributed by atoms with Crippen molar-refractivity contribution in [3.05, 3.63) is 22.4 Å². The van der Waals surface area contributed by atoms with E-state index in [4.69, 9.17) is 29.9 Å². The lowest BCUT2D eigenvalue weighted by Crippen LogP contribution is -2.63. The minimum atomic E-state index is -1.01. The lowest BCUT2D eigenvalue weighted by atomic mass is 9.97. The zero-order valence-electron chi connectivity index (χ0n) is 16.4. The average molecular weight is 502 g/mol. The molecule has 5 atom stereocenters. The van der Waals surface area contributed by atoms with E-state index in [0.717, 1.165) is 11.8 Å². The minimum Gasteiger partial charge on any atom is -0.463 e. The number of carbonyl (C=O) groups is 3. The molecule has 0 aromatic carbocycles. The van der Waals surface area contributed by atoms with Crippen LogP contribution in [-0.2, 0) is 33.3 Å². The summed E-state index contributed by atoms with van der Waals surface area (Å²) in [5.41, 5.74) is 5.67. The first-order chi connectivity index (χ1) is 14.1. The van der Waals surface area contributed by atoms with Gasteiger partial charge in [-0.25, -0.2) is 4.98 Å². The normalized spacial score (nSPS) is 25.7. The minimum absolute atomic E-state index is 0.208. The van der Waals surface area contributed by atoms with Crippen LogP contribution in [0.15, 0.2) is 21.6 Å². The standard InChI is InChI=1S/C18H20BrN3O7S/c1-8(23)26-7-14-16(27-9(2)24)15(21)17(28-10(3)25)18(29-14)30-11-4-12(19)13(5-20)22-6-11/h4,6,14-18H,7,21H2,1-3H3. The van der Waals surface area contributed by atoms with Gasteiger partial charge < -0.3 is 24.7 Å². The molecule has 5 unspecified atom stereocenters. The molecular formula is C18H20BrN3O7S. The molecule has 0 amide bonds. The maximum absolute atomic E-state index is 11.6. The topological polar surface area (TPSA) is 151 Å². The number of aromatic nitrogens is 1. The van der Waals surface area contributed by atoms with Crippen LogP contribution in [0, 0.1) is 11.3 Å². The summed E-state index contributed by atoms with van der Waals surface area (Å²) in [6, 6.07) is 2.66. The Bertz CT molecular complexity index is 861. The number of halogens is 1. The van der Waals surface area contributed by atoms with Gasteiger partial charge in [0.1, 0.15) is 30.3 Å². The van der Waals surface area contributed by atoms with Gasteiger partial charge in [0.2, 0.25) is 0 Å². The Morgan fingerprint density at radius 3 is 2.40 bits per heavy atom. The molecule has 2 N–H and O–H groups in total. The molecule has 0 bridgehead atoms. The van der Waals surface area contributed by atoms with Crippen LogP contribution in [-0.4, -0.2) is 59.3 Å². The lowest BCUT2D eigenvalue weighted by molar-refractivity contribution is -0.201. The highest BCUT2D eigenvalue weighted by molar-refractivity contribution is 9.10. The first-order valence-corrected chi connectivity index (χ1v) is 10.4. The highest BCUT2D eigenvalue weighted by Gasteiger charge is 2.48. The SMILES string of the molecule is CC(=O)OCC1OC(Sc2cnc(C#N)c(Br)c2)C(OC(C)=O)C(N)C1OC(C)=O. The van der Waals surface area contributed by atoms with Gasteiger partial charge in [-0.15, -0.1) is 0 Å². The predicted molar refractivity (Wildman–Crippen MR) is 107 cm³/mol. The fraction of sp³-hybridized carbons (Fsp3) is 0.500. The molecule has 1 aliphatic heterocycles. The van der Waals surface area contributed by atoms with Crippen molar-refractivity contribution in [1.29, 1.82) is 5.26 Å². The van der Waals surface area contributed by atoms with Crippen LogP contribution in [0.25, 0.3) is 0 Å². The van der Waals surface area contributed by atoms with Gasteiger partial charge in [0, 0.05) is 31.9 Å². The van der Waals surface area contributed by atoms with Crippen LogP contribution >= 0.6 is 27.7 Å². The summed E-state index contributed by atoms with van der Waals surface area (Å²) in [6.07, 6.45) is -1.40.